The Bertz CT molecular complexity index is 1090. The molecule has 2 aliphatic heterocycles. The van der Waals surface area contributed by atoms with E-state index in [1.807, 2.05) is 0 Å². The van der Waals surface area contributed by atoms with Gasteiger partial charge in [0.1, 0.15) is 0 Å². The smallest absolute Gasteiger partial charge is 0.237 e. The zero-order valence-corrected chi connectivity index (χ0v) is 35.0. The van der Waals surface area contributed by atoms with Crippen LogP contribution >= 0.6 is 24.8 Å². The van der Waals surface area contributed by atoms with Crippen molar-refractivity contribution in [3.63, 3.8) is 0 Å². The number of nitrogens with one attached hydrogen (secondary N) is 4. The second-order valence-corrected chi connectivity index (χ2v) is 18.1. The molecule has 4 saturated carbocycles. The molecule has 4 aliphatic carbocycles. The molecule has 2 heterocycles. The van der Waals surface area contributed by atoms with Crippen molar-refractivity contribution >= 4 is 48.4 Å². The molecule has 4 amide bonds. The number of hydrogen-bond acceptors (Lipinski definition) is 8. The van der Waals surface area contributed by atoms with Crippen LogP contribution in [0.25, 0.3) is 0 Å². The van der Waals surface area contributed by atoms with Crippen molar-refractivity contribution in [1.29, 1.82) is 0 Å². The quantitative estimate of drug-likeness (QED) is 0.166. The lowest BCUT2D eigenvalue weighted by atomic mass is 9.73. The molecule has 0 bridgehead atoms. The first-order valence-corrected chi connectivity index (χ1v) is 21.9. The minimum absolute atomic E-state index is 0. The van der Waals surface area contributed by atoms with Gasteiger partial charge >= 0.3 is 0 Å². The summed E-state index contributed by atoms with van der Waals surface area (Å²) in [6.45, 7) is 4.58. The van der Waals surface area contributed by atoms with Crippen LogP contribution in [-0.4, -0.2) is 85.0 Å². The zero-order valence-electron chi connectivity index (χ0n) is 33.4. The fourth-order valence-electron chi connectivity index (χ4n) is 10.5. The van der Waals surface area contributed by atoms with Crippen LogP contribution in [0.4, 0.5) is 0 Å². The Balaban J connectivity index is 0.00000336. The molecule has 0 aromatic heterocycles. The Hall–Kier alpha value is -1.70. The normalized spacial score (nSPS) is 32.9. The van der Waals surface area contributed by atoms with E-state index in [2.05, 4.69) is 31.5 Å². The third kappa shape index (κ3) is 13.7. The highest BCUT2D eigenvalue weighted by molar-refractivity contribution is 5.85. The molecule has 316 valence electrons. The molecule has 6 rings (SSSR count). The van der Waals surface area contributed by atoms with Crippen molar-refractivity contribution in [2.24, 2.45) is 58.8 Å². The van der Waals surface area contributed by atoms with Crippen molar-refractivity contribution in [2.45, 2.75) is 147 Å². The molecule has 2 saturated heterocycles. The van der Waals surface area contributed by atoms with Crippen LogP contribution in [0.2, 0.25) is 0 Å². The molecule has 12 nitrogen and oxygen atoms in total. The molecule has 14 heteroatoms. The lowest BCUT2D eigenvalue weighted by Crippen LogP contribution is -2.53. The van der Waals surface area contributed by atoms with Crippen LogP contribution in [0, 0.1) is 47.3 Å². The topological polar surface area (TPSA) is 175 Å². The lowest BCUT2D eigenvalue weighted by Gasteiger charge is -2.37. The average Bonchev–Trinajstić information content (AvgIpc) is 3.20. The molecule has 8 N–H and O–H groups in total. The molecule has 0 aromatic carbocycles. The van der Waals surface area contributed by atoms with Gasteiger partial charge < -0.3 is 22.1 Å². The number of nitrogens with two attached hydrogens (primary N) is 2. The van der Waals surface area contributed by atoms with Gasteiger partial charge in [-0.15, -0.1) is 24.8 Å². The summed E-state index contributed by atoms with van der Waals surface area (Å²) in [6.07, 6.45) is 21.1. The lowest BCUT2D eigenvalue weighted by molar-refractivity contribution is -0.133. The molecule has 6 aliphatic rings. The van der Waals surface area contributed by atoms with E-state index in [9.17, 15) is 19.2 Å². The first-order valence-electron chi connectivity index (χ1n) is 21.9. The average molecular weight is 814 g/mol. The number of hydrazine groups is 2. The summed E-state index contributed by atoms with van der Waals surface area (Å²) in [5.74, 6) is 3.73. The maximum atomic E-state index is 13.2. The van der Waals surface area contributed by atoms with Crippen molar-refractivity contribution in [3.05, 3.63) is 0 Å². The van der Waals surface area contributed by atoms with E-state index in [1.165, 1.54) is 6.42 Å². The maximum Gasteiger partial charge on any atom is 0.237 e. The number of rotatable bonds is 12. The highest BCUT2D eigenvalue weighted by atomic mass is 35.5. The molecule has 6 fully saturated rings. The number of carbonyl (C=O) groups excluding carboxylic acids is 4. The van der Waals surface area contributed by atoms with Crippen molar-refractivity contribution in [1.82, 2.24) is 31.5 Å². The van der Waals surface area contributed by atoms with Crippen LogP contribution in [0.1, 0.15) is 135 Å². The van der Waals surface area contributed by atoms with Gasteiger partial charge in [0, 0.05) is 61.9 Å². The molecular formula is C41H74Cl2N8O4. The fourth-order valence-corrected chi connectivity index (χ4v) is 10.5. The third-order valence-electron chi connectivity index (χ3n) is 14.4. The first-order chi connectivity index (χ1) is 25.8. The van der Waals surface area contributed by atoms with Crippen molar-refractivity contribution in [3.8, 4) is 0 Å². The van der Waals surface area contributed by atoms with E-state index < -0.39 is 0 Å². The minimum Gasteiger partial charge on any atom is -0.353 e. The summed E-state index contributed by atoms with van der Waals surface area (Å²) >= 11 is 0. The molecule has 0 unspecified atom stereocenters. The number of piperidine rings is 2. The van der Waals surface area contributed by atoms with Crippen LogP contribution in [0.3, 0.4) is 0 Å². The fraction of sp³-hybridized carbons (Fsp3) is 0.902. The highest BCUT2D eigenvalue weighted by Crippen LogP contribution is 2.39. The Kier molecular flexibility index (Phi) is 19.3. The van der Waals surface area contributed by atoms with E-state index in [4.69, 9.17) is 11.5 Å². The standard InChI is InChI=1S/C41H72N8O4.2ClH/c42-26-30-5-13-32(14-6-30)38(50)44-36-17-21-48(22-18-36)46-40(52)34-9-1-28(2-10-34)25-29-3-11-35(12-4-29)41(53)47-49-23-19-37(20-24-49)45-39(51)33-15-7-31(27-43)8-16-33;;/h28-37H,1-27,42-43H2,(H,44,50)(H,45,51)(H,46,52)(H,47,53);2*1H. The Morgan fingerprint density at radius 1 is 0.400 bits per heavy atom. The van der Waals surface area contributed by atoms with E-state index in [0.29, 0.717) is 23.7 Å². The van der Waals surface area contributed by atoms with E-state index >= 15 is 0 Å². The summed E-state index contributed by atoms with van der Waals surface area (Å²) in [5.41, 5.74) is 18.0. The summed E-state index contributed by atoms with van der Waals surface area (Å²) in [6, 6.07) is 0.397. The van der Waals surface area contributed by atoms with Gasteiger partial charge in [0.25, 0.3) is 0 Å². The second kappa shape index (κ2) is 23.0. The van der Waals surface area contributed by atoms with Gasteiger partial charge in [-0.2, -0.15) is 0 Å². The molecule has 0 spiro atoms. The van der Waals surface area contributed by atoms with Crippen LogP contribution in [-0.2, 0) is 19.2 Å². The van der Waals surface area contributed by atoms with Crippen molar-refractivity contribution in [2.75, 3.05) is 39.3 Å². The second-order valence-electron chi connectivity index (χ2n) is 18.1. The Morgan fingerprint density at radius 2 is 0.673 bits per heavy atom. The zero-order chi connectivity index (χ0) is 37.2. The van der Waals surface area contributed by atoms with E-state index in [0.717, 1.165) is 168 Å². The summed E-state index contributed by atoms with van der Waals surface area (Å²) in [4.78, 5) is 52.0. The van der Waals surface area contributed by atoms with Gasteiger partial charge in [-0.1, -0.05) is 0 Å². The molecule has 55 heavy (non-hydrogen) atoms. The molecule has 0 aromatic rings. The van der Waals surface area contributed by atoms with E-state index in [-0.39, 0.29) is 84.2 Å². The SMILES string of the molecule is Cl.Cl.NCC1CCC(C(=O)NC2CCN(NC(=O)C3CCC(CC4CCC(C(=O)NN5CCC(NC(=O)C6CCC(CN)CC6)CC5)CC4)CC3)CC2)CC1. The van der Waals surface area contributed by atoms with Gasteiger partial charge in [-0.05, 0) is 172 Å². The van der Waals surface area contributed by atoms with Gasteiger partial charge in [-0.25, -0.2) is 10.0 Å². The molecule has 0 radical (unpaired) electrons. The Morgan fingerprint density at radius 3 is 0.964 bits per heavy atom. The number of amides is 4. The van der Waals surface area contributed by atoms with Crippen molar-refractivity contribution < 1.29 is 19.2 Å². The van der Waals surface area contributed by atoms with Crippen LogP contribution in [0.15, 0.2) is 0 Å². The third-order valence-corrected chi connectivity index (χ3v) is 14.4. The Labute approximate surface area is 343 Å². The molecule has 0 atom stereocenters. The first kappa shape index (κ1) is 46.0. The van der Waals surface area contributed by atoms with Crippen LogP contribution in [0.5, 0.6) is 0 Å². The maximum absolute atomic E-state index is 13.2. The van der Waals surface area contributed by atoms with Gasteiger partial charge in [0.15, 0.2) is 0 Å². The van der Waals surface area contributed by atoms with E-state index in [1.54, 1.807) is 0 Å². The van der Waals surface area contributed by atoms with Gasteiger partial charge in [0.05, 0.1) is 0 Å². The number of hydrogen-bond donors (Lipinski definition) is 6. The summed E-state index contributed by atoms with van der Waals surface area (Å²) < 4.78 is 0. The van der Waals surface area contributed by atoms with Crippen LogP contribution < -0.4 is 33.0 Å². The number of nitrogens with zero attached hydrogens (tertiary/aromatic N) is 2. The summed E-state index contributed by atoms with van der Waals surface area (Å²) in [7, 11) is 0. The predicted molar refractivity (Wildman–Crippen MR) is 221 cm³/mol. The predicted octanol–water partition coefficient (Wildman–Crippen LogP) is 4.59. The highest BCUT2D eigenvalue weighted by Gasteiger charge is 2.34. The van der Waals surface area contributed by atoms with Gasteiger partial charge in [0.2, 0.25) is 23.6 Å². The minimum atomic E-state index is 0. The number of carbonyl (C=O) groups is 4. The summed E-state index contributed by atoms with van der Waals surface area (Å²) in [5, 5.41) is 10.7. The largest absolute Gasteiger partial charge is 0.353 e. The number of halogens is 2. The monoisotopic (exact) mass is 813 g/mol. The van der Waals surface area contributed by atoms with Gasteiger partial charge in [-0.3, -0.25) is 30.0 Å². The molecular weight excluding hydrogens is 739 g/mol.